The first-order valence-corrected chi connectivity index (χ1v) is 7.85. The molecular weight excluding hydrogens is 346 g/mol. The zero-order valence-electron chi connectivity index (χ0n) is 11.3. The largest absolute Gasteiger partial charge is 0.466 e. The van der Waals surface area contributed by atoms with Crippen molar-refractivity contribution in [1.29, 1.82) is 0 Å². The molecule has 0 radical (unpaired) electrons. The van der Waals surface area contributed by atoms with Crippen LogP contribution in [-0.4, -0.2) is 42.0 Å². The lowest BCUT2D eigenvalue weighted by atomic mass is 10.2. The molecule has 0 saturated carbocycles. The first kappa shape index (κ1) is 15.3. The van der Waals surface area contributed by atoms with Gasteiger partial charge >= 0.3 is 5.97 Å². The normalized spacial score (nSPS) is 18.3. The Morgan fingerprint density at radius 2 is 2.40 bits per heavy atom. The summed E-state index contributed by atoms with van der Waals surface area (Å²) < 4.78 is 10.9. The lowest BCUT2D eigenvalue weighted by Crippen LogP contribution is -2.16. The highest BCUT2D eigenvalue weighted by Crippen LogP contribution is 2.28. The van der Waals surface area contributed by atoms with Crippen LogP contribution in [-0.2, 0) is 14.3 Å². The van der Waals surface area contributed by atoms with Crippen LogP contribution in [0.4, 0.5) is 5.82 Å². The number of thioether (sulfide) groups is 1. The Balaban J connectivity index is 2.34. The third-order valence-corrected chi connectivity index (χ3v) is 3.85. The van der Waals surface area contributed by atoms with Crippen LogP contribution < -0.4 is 5.32 Å². The van der Waals surface area contributed by atoms with E-state index in [4.69, 9.17) is 9.47 Å². The SMILES string of the molecule is COC(=O)C1=C(Nc2ncc(Br)nc2SC)C(C)OC1. The number of esters is 1. The van der Waals surface area contributed by atoms with Crippen molar-refractivity contribution in [3.63, 3.8) is 0 Å². The molecule has 2 rings (SSSR count). The number of nitrogens with zero attached hydrogens (tertiary/aromatic N) is 2. The van der Waals surface area contributed by atoms with Crippen LogP contribution in [0.25, 0.3) is 0 Å². The van der Waals surface area contributed by atoms with Gasteiger partial charge in [-0.3, -0.25) is 0 Å². The molecule has 1 atom stereocenters. The quantitative estimate of drug-likeness (QED) is 0.652. The van der Waals surface area contributed by atoms with Gasteiger partial charge in [-0.2, -0.15) is 0 Å². The number of hydrogen-bond acceptors (Lipinski definition) is 7. The van der Waals surface area contributed by atoms with Crippen LogP contribution in [0.1, 0.15) is 6.92 Å². The van der Waals surface area contributed by atoms with E-state index in [1.165, 1.54) is 18.9 Å². The van der Waals surface area contributed by atoms with Crippen molar-refractivity contribution >= 4 is 39.5 Å². The van der Waals surface area contributed by atoms with Gasteiger partial charge in [-0.1, -0.05) is 0 Å². The molecule has 8 heteroatoms. The van der Waals surface area contributed by atoms with Gasteiger partial charge in [-0.25, -0.2) is 14.8 Å². The third-order valence-electron chi connectivity index (χ3n) is 2.80. The Hall–Kier alpha value is -1.12. The van der Waals surface area contributed by atoms with Gasteiger partial charge in [0.1, 0.15) is 9.63 Å². The van der Waals surface area contributed by atoms with E-state index in [2.05, 4.69) is 31.2 Å². The number of ether oxygens (including phenoxy) is 2. The minimum absolute atomic E-state index is 0.218. The van der Waals surface area contributed by atoms with E-state index < -0.39 is 5.97 Å². The summed E-state index contributed by atoms with van der Waals surface area (Å²) >= 11 is 4.75. The lowest BCUT2D eigenvalue weighted by molar-refractivity contribution is -0.136. The molecule has 1 aromatic rings. The summed E-state index contributed by atoms with van der Waals surface area (Å²) in [7, 11) is 1.35. The van der Waals surface area contributed by atoms with Gasteiger partial charge in [-0.05, 0) is 29.1 Å². The Bertz CT molecular complexity index is 565. The maximum atomic E-state index is 11.7. The fourth-order valence-electron chi connectivity index (χ4n) is 1.79. The number of nitrogens with one attached hydrogen (secondary N) is 1. The van der Waals surface area contributed by atoms with Gasteiger partial charge in [0.25, 0.3) is 0 Å². The minimum atomic E-state index is -0.396. The fraction of sp³-hybridized carbons (Fsp3) is 0.417. The lowest BCUT2D eigenvalue weighted by Gasteiger charge is -2.14. The van der Waals surface area contributed by atoms with Crippen molar-refractivity contribution in [3.05, 3.63) is 22.1 Å². The number of halogens is 1. The number of anilines is 1. The van der Waals surface area contributed by atoms with Crippen LogP contribution in [0.2, 0.25) is 0 Å². The molecule has 0 saturated heterocycles. The number of carbonyl (C=O) groups is 1. The van der Waals surface area contributed by atoms with Crippen LogP contribution in [0.5, 0.6) is 0 Å². The molecule has 0 aliphatic carbocycles. The van der Waals surface area contributed by atoms with E-state index in [1.54, 1.807) is 6.20 Å². The molecule has 1 aromatic heterocycles. The molecule has 0 fully saturated rings. The fourth-order valence-corrected chi connectivity index (χ4v) is 2.68. The standard InChI is InChI=1S/C12H14BrN3O3S/c1-6-9(7(5-19-6)12(17)18-2)16-10-11(20-3)15-8(13)4-14-10/h4,6H,5H2,1-3H3,(H,14,16). The third kappa shape index (κ3) is 3.13. The summed E-state index contributed by atoms with van der Waals surface area (Å²) in [5, 5.41) is 3.87. The average molecular weight is 360 g/mol. The molecule has 0 bridgehead atoms. The van der Waals surface area contributed by atoms with Crippen molar-refractivity contribution in [2.24, 2.45) is 0 Å². The summed E-state index contributed by atoms with van der Waals surface area (Å²) in [6.07, 6.45) is 3.29. The zero-order valence-corrected chi connectivity index (χ0v) is 13.7. The zero-order chi connectivity index (χ0) is 14.7. The summed E-state index contributed by atoms with van der Waals surface area (Å²) in [6.45, 7) is 2.10. The number of methoxy groups -OCH3 is 1. The van der Waals surface area contributed by atoms with Crippen molar-refractivity contribution in [3.8, 4) is 0 Å². The Labute approximate surface area is 129 Å². The molecule has 0 amide bonds. The maximum Gasteiger partial charge on any atom is 0.337 e. The maximum absolute atomic E-state index is 11.7. The van der Waals surface area contributed by atoms with Gasteiger partial charge in [-0.15, -0.1) is 11.8 Å². The van der Waals surface area contributed by atoms with Gasteiger partial charge in [0.2, 0.25) is 0 Å². The predicted octanol–water partition coefficient (Wildman–Crippen LogP) is 2.22. The molecule has 1 unspecified atom stereocenters. The Morgan fingerprint density at radius 3 is 3.05 bits per heavy atom. The van der Waals surface area contributed by atoms with Crippen molar-refractivity contribution in [2.45, 2.75) is 18.1 Å². The number of carbonyl (C=O) groups excluding carboxylic acids is 1. The second kappa shape index (κ2) is 6.55. The molecule has 2 heterocycles. The molecule has 1 aliphatic rings. The van der Waals surface area contributed by atoms with Crippen molar-refractivity contribution in [1.82, 2.24) is 9.97 Å². The smallest absolute Gasteiger partial charge is 0.337 e. The molecule has 0 aromatic carbocycles. The van der Waals surface area contributed by atoms with E-state index in [0.717, 1.165) is 5.03 Å². The molecule has 1 N–H and O–H groups in total. The van der Waals surface area contributed by atoms with Gasteiger partial charge < -0.3 is 14.8 Å². The first-order valence-electron chi connectivity index (χ1n) is 5.83. The van der Waals surface area contributed by atoms with Crippen LogP contribution >= 0.6 is 27.7 Å². The van der Waals surface area contributed by atoms with Crippen LogP contribution in [0.15, 0.2) is 27.1 Å². The first-order chi connectivity index (χ1) is 9.56. The molecule has 20 heavy (non-hydrogen) atoms. The van der Waals surface area contributed by atoms with Gasteiger partial charge in [0.15, 0.2) is 5.82 Å². The number of aromatic nitrogens is 2. The van der Waals surface area contributed by atoms with Gasteiger partial charge in [0.05, 0.1) is 37.3 Å². The second-order valence-corrected chi connectivity index (χ2v) is 5.62. The number of rotatable bonds is 4. The average Bonchev–Trinajstić information content (AvgIpc) is 2.81. The van der Waals surface area contributed by atoms with E-state index >= 15 is 0 Å². The predicted molar refractivity (Wildman–Crippen MR) is 79.6 cm³/mol. The molecule has 0 spiro atoms. The highest BCUT2D eigenvalue weighted by molar-refractivity contribution is 9.10. The summed E-state index contributed by atoms with van der Waals surface area (Å²) in [6, 6.07) is 0. The van der Waals surface area contributed by atoms with Crippen LogP contribution in [0.3, 0.4) is 0 Å². The molecule has 108 valence electrons. The van der Waals surface area contributed by atoms with E-state index in [0.29, 0.717) is 21.7 Å². The van der Waals surface area contributed by atoms with E-state index in [9.17, 15) is 4.79 Å². The highest BCUT2D eigenvalue weighted by Gasteiger charge is 2.29. The van der Waals surface area contributed by atoms with E-state index in [1.807, 2.05) is 13.2 Å². The number of hydrogen-bond donors (Lipinski definition) is 1. The summed E-state index contributed by atoms with van der Waals surface area (Å²) in [4.78, 5) is 20.3. The van der Waals surface area contributed by atoms with Crippen molar-refractivity contribution < 1.29 is 14.3 Å². The Kier molecular flexibility index (Phi) is 5.00. The summed E-state index contributed by atoms with van der Waals surface area (Å²) in [5.41, 5.74) is 1.15. The highest BCUT2D eigenvalue weighted by atomic mass is 79.9. The van der Waals surface area contributed by atoms with Crippen molar-refractivity contribution in [2.75, 3.05) is 25.3 Å². The monoisotopic (exact) mass is 359 g/mol. The minimum Gasteiger partial charge on any atom is -0.466 e. The van der Waals surface area contributed by atoms with Gasteiger partial charge in [0, 0.05) is 0 Å². The molecule has 1 aliphatic heterocycles. The molecular formula is C12H14BrN3O3S. The summed E-state index contributed by atoms with van der Waals surface area (Å²) in [5.74, 6) is 0.196. The second-order valence-electron chi connectivity index (χ2n) is 4.01. The topological polar surface area (TPSA) is 73.3 Å². The molecule has 6 nitrogen and oxygen atoms in total. The van der Waals surface area contributed by atoms with E-state index in [-0.39, 0.29) is 12.7 Å². The Morgan fingerprint density at radius 1 is 1.65 bits per heavy atom. The van der Waals surface area contributed by atoms with Crippen LogP contribution in [0, 0.1) is 0 Å².